The first-order valence-corrected chi connectivity index (χ1v) is 26.7. The van der Waals surface area contributed by atoms with Crippen LogP contribution in [0.3, 0.4) is 0 Å². The zero-order valence-corrected chi connectivity index (χ0v) is 39.1. The summed E-state index contributed by atoms with van der Waals surface area (Å²) in [6, 6.07) is 65.9. The van der Waals surface area contributed by atoms with Gasteiger partial charge in [0.25, 0.3) is 0 Å². The van der Waals surface area contributed by atoms with Crippen LogP contribution in [0.4, 0.5) is 4.39 Å². The van der Waals surface area contributed by atoms with Crippen LogP contribution >= 0.6 is 0 Å². The highest BCUT2D eigenvalue weighted by Gasteiger charge is 2.67. The van der Waals surface area contributed by atoms with E-state index in [1.165, 1.54) is 22.9 Å². The normalized spacial score (nSPS) is 15.3. The quantitative estimate of drug-likeness (QED) is 0.121. The van der Waals surface area contributed by atoms with Crippen LogP contribution < -0.4 is 14.3 Å². The SMILES string of the molecule is [2H]C(C)(C)c1cc2[n+](cc1[Si](C)(C)C)C1(c3ccccc3-2)c2ccc3c(oc4cc(-c5ccc(F)cc5)ccc43)c2-c2n(-c3c(-c4ccccc4)cccc3-c3ccccc3)c3ccccc3[n+]21. The number of rotatable bonds is 6. The van der Waals surface area contributed by atoms with Gasteiger partial charge >= 0.3 is 11.5 Å². The van der Waals surface area contributed by atoms with E-state index in [2.05, 4.69) is 203 Å². The van der Waals surface area contributed by atoms with Crippen molar-refractivity contribution in [2.45, 2.75) is 45.0 Å². The number of fused-ring (bicyclic) bond motifs is 16. The van der Waals surface area contributed by atoms with Gasteiger partial charge in [0.1, 0.15) is 22.7 Å². The second-order valence-electron chi connectivity index (χ2n) is 19.4. The van der Waals surface area contributed by atoms with E-state index in [9.17, 15) is 5.76 Å². The largest absolute Gasteiger partial charge is 0.455 e. The molecule has 6 heteroatoms. The Labute approximate surface area is 391 Å². The van der Waals surface area contributed by atoms with Gasteiger partial charge in [-0.2, -0.15) is 4.57 Å². The molecule has 0 N–H and O–H groups in total. The molecule has 1 spiro atoms. The molecule has 2 aliphatic rings. The van der Waals surface area contributed by atoms with Crippen molar-refractivity contribution in [2.24, 2.45) is 0 Å². The second kappa shape index (κ2) is 14.4. The molecule has 8 aromatic carbocycles. The number of nitrogens with zero attached hydrogens (tertiary/aromatic N) is 3. The molecule has 2 aliphatic heterocycles. The third-order valence-electron chi connectivity index (χ3n) is 14.3. The minimum Gasteiger partial charge on any atom is -0.455 e. The Morgan fingerprint density at radius 2 is 1.24 bits per heavy atom. The molecule has 0 amide bonds. The summed E-state index contributed by atoms with van der Waals surface area (Å²) in [5.41, 5.74) is 16.9. The first-order chi connectivity index (χ1) is 32.9. The smallest absolute Gasteiger partial charge is 0.364 e. The van der Waals surface area contributed by atoms with Crippen LogP contribution in [0.5, 0.6) is 0 Å². The maximum Gasteiger partial charge on any atom is 0.364 e. The van der Waals surface area contributed by atoms with Gasteiger partial charge in [-0.3, -0.25) is 0 Å². The Balaban J connectivity index is 1.25. The number of furan rings is 1. The molecule has 1 atom stereocenters. The summed E-state index contributed by atoms with van der Waals surface area (Å²) in [6.45, 7) is 11.3. The zero-order valence-electron chi connectivity index (χ0n) is 39.1. The first-order valence-electron chi connectivity index (χ1n) is 23.7. The third kappa shape index (κ3) is 5.57. The Morgan fingerprint density at radius 3 is 1.94 bits per heavy atom. The van der Waals surface area contributed by atoms with E-state index in [0.29, 0.717) is 0 Å². The van der Waals surface area contributed by atoms with E-state index in [1.807, 2.05) is 26.0 Å². The number of aromatic nitrogens is 3. The summed E-state index contributed by atoms with van der Waals surface area (Å²) in [4.78, 5) is 0. The average Bonchev–Trinajstić information content (AvgIpc) is 4.07. The Bertz CT molecular complexity index is 3820. The van der Waals surface area contributed by atoms with Crippen molar-refractivity contribution in [1.82, 2.24) is 4.57 Å². The number of halogens is 1. The molecule has 0 aliphatic carbocycles. The van der Waals surface area contributed by atoms with Gasteiger partial charge in [0, 0.05) is 34.5 Å². The van der Waals surface area contributed by atoms with E-state index in [4.69, 9.17) is 4.42 Å². The molecule has 0 radical (unpaired) electrons. The third-order valence-corrected chi connectivity index (χ3v) is 16.3. The molecule has 3 aromatic heterocycles. The summed E-state index contributed by atoms with van der Waals surface area (Å²) in [5, 5.41) is 3.31. The lowest BCUT2D eigenvalue weighted by molar-refractivity contribution is -0.944. The topological polar surface area (TPSA) is 25.8 Å². The minimum atomic E-state index is -2.07. The van der Waals surface area contributed by atoms with E-state index in [1.54, 1.807) is 0 Å². The fourth-order valence-electron chi connectivity index (χ4n) is 11.4. The number of pyridine rings is 1. The number of para-hydroxylation sites is 3. The second-order valence-corrected chi connectivity index (χ2v) is 24.5. The van der Waals surface area contributed by atoms with Crippen LogP contribution in [0.25, 0.3) is 94.7 Å². The van der Waals surface area contributed by atoms with Crippen molar-refractivity contribution in [3.8, 4) is 61.7 Å². The Kier molecular flexibility index (Phi) is 8.30. The highest BCUT2D eigenvalue weighted by atomic mass is 28.3. The zero-order chi connectivity index (χ0) is 46.3. The number of hydrogen-bond acceptors (Lipinski definition) is 1. The maximum absolute atomic E-state index is 14.2. The number of benzene rings is 8. The summed E-state index contributed by atoms with van der Waals surface area (Å²) >= 11 is 0. The average molecular weight is 887 g/mol. The highest BCUT2D eigenvalue weighted by molar-refractivity contribution is 6.89. The van der Waals surface area contributed by atoms with Crippen molar-refractivity contribution in [3.63, 3.8) is 0 Å². The summed E-state index contributed by atoms with van der Waals surface area (Å²) in [6.07, 6.45) is 2.43. The van der Waals surface area contributed by atoms with Crippen LogP contribution in [0.15, 0.2) is 199 Å². The number of imidazole rings is 1. The molecule has 0 saturated heterocycles. The summed E-state index contributed by atoms with van der Waals surface area (Å²) in [7, 11) is -2.07. The molecular formula is C61H48FN3OSi+2. The van der Waals surface area contributed by atoms with Crippen molar-refractivity contribution in [1.29, 1.82) is 0 Å². The lowest BCUT2D eigenvalue weighted by Gasteiger charge is -2.25. The maximum atomic E-state index is 14.2. The molecule has 322 valence electrons. The molecule has 0 bridgehead atoms. The van der Waals surface area contributed by atoms with Crippen molar-refractivity contribution >= 4 is 46.2 Å². The molecular weight excluding hydrogens is 838 g/mol. The molecule has 4 nitrogen and oxygen atoms in total. The van der Waals surface area contributed by atoms with Crippen molar-refractivity contribution in [3.05, 3.63) is 217 Å². The van der Waals surface area contributed by atoms with Gasteiger partial charge in [0.15, 0.2) is 22.8 Å². The predicted molar refractivity (Wildman–Crippen MR) is 273 cm³/mol. The summed E-state index contributed by atoms with van der Waals surface area (Å²) in [5.74, 6) is -0.0691. The van der Waals surface area contributed by atoms with Gasteiger partial charge in [-0.15, -0.1) is 9.13 Å². The van der Waals surface area contributed by atoms with Crippen molar-refractivity contribution < 1.29 is 19.3 Å². The van der Waals surface area contributed by atoms with Crippen LogP contribution in [0.1, 0.15) is 37.8 Å². The number of hydrogen-bond donors (Lipinski definition) is 0. The van der Waals surface area contributed by atoms with Gasteiger partial charge in [0.05, 0.1) is 24.8 Å². The Morgan fingerprint density at radius 1 is 0.612 bits per heavy atom. The van der Waals surface area contributed by atoms with E-state index < -0.39 is 19.6 Å². The van der Waals surface area contributed by atoms with Gasteiger partial charge < -0.3 is 4.42 Å². The molecule has 1 unspecified atom stereocenters. The lowest BCUT2D eigenvalue weighted by atomic mass is 9.88. The highest BCUT2D eigenvalue weighted by Crippen LogP contribution is 2.53. The fourth-order valence-corrected chi connectivity index (χ4v) is 13.1. The molecule has 5 heterocycles. The van der Waals surface area contributed by atoms with Gasteiger partial charge in [-0.25, -0.2) is 4.39 Å². The predicted octanol–water partition coefficient (Wildman–Crippen LogP) is 14.2. The molecule has 67 heavy (non-hydrogen) atoms. The van der Waals surface area contributed by atoms with Crippen LogP contribution in [-0.4, -0.2) is 12.6 Å². The Hall–Kier alpha value is -7.67. The van der Waals surface area contributed by atoms with Crippen molar-refractivity contribution in [2.75, 3.05) is 0 Å². The van der Waals surface area contributed by atoms with E-state index >= 15 is 0 Å². The molecule has 11 aromatic rings. The van der Waals surface area contributed by atoms with Gasteiger partial charge in [-0.1, -0.05) is 155 Å². The van der Waals surface area contributed by atoms with E-state index in [-0.39, 0.29) is 5.82 Å². The van der Waals surface area contributed by atoms with Crippen LogP contribution in [0.2, 0.25) is 19.6 Å². The van der Waals surface area contributed by atoms with Crippen LogP contribution in [0, 0.1) is 5.82 Å². The standard InChI is InChI=1S/C61H48FN3OSi/c1-38(2)49-36-54-48-21-12-13-24-50(48)61(63(54)37-56(49)67(3,4)5)51-34-33-47-46-32-29-42(39-27-30-43(62)31-28-39)35-55(46)66-59(47)57(51)60-64(52-25-14-15-26-53(52)65(60)61)58-44(40-17-8-6-9-18-40)22-16-23-45(58)41-19-10-7-11-20-41/h6-38H,1-5H3/q+2/i38D. The lowest BCUT2D eigenvalue weighted by Crippen LogP contribution is -2.72. The van der Waals surface area contributed by atoms with E-state index in [0.717, 1.165) is 106 Å². The van der Waals surface area contributed by atoms with Crippen LogP contribution in [-0.2, 0) is 5.66 Å². The molecule has 0 fully saturated rings. The van der Waals surface area contributed by atoms with Gasteiger partial charge in [0.2, 0.25) is 5.69 Å². The minimum absolute atomic E-state index is 0.263. The molecule has 0 saturated carbocycles. The first kappa shape index (κ1) is 38.6. The summed E-state index contributed by atoms with van der Waals surface area (Å²) < 4.78 is 38.7. The fraction of sp³-hybridized carbons (Fsp3) is 0.115. The van der Waals surface area contributed by atoms with Gasteiger partial charge in [-0.05, 0) is 94.4 Å². The molecule has 13 rings (SSSR count). The monoisotopic (exact) mass is 886 g/mol.